The predicted molar refractivity (Wildman–Crippen MR) is 135 cm³/mol. The number of aliphatic hydroxyl groups excluding tert-OH is 1. The number of thiophene rings is 1. The average Bonchev–Trinajstić information content (AvgIpc) is 3.48. The summed E-state index contributed by atoms with van der Waals surface area (Å²) in [6.45, 7) is 4.12. The Morgan fingerprint density at radius 3 is 1.70 bits per heavy atom. The molecular weight excluding hydrogens is 424 g/mol. The first-order valence-electron chi connectivity index (χ1n) is 11.1. The fourth-order valence-corrected chi connectivity index (χ4v) is 5.69. The van der Waals surface area contributed by atoms with Crippen molar-refractivity contribution in [3.63, 3.8) is 0 Å². The molecular formula is C29H26N2OS. The topological polar surface area (TPSA) is 38.0 Å². The van der Waals surface area contributed by atoms with Crippen LogP contribution in [-0.2, 0) is 5.54 Å². The molecule has 0 bridgehead atoms. The highest BCUT2D eigenvalue weighted by molar-refractivity contribution is 7.12. The second-order valence-corrected chi connectivity index (χ2v) is 9.75. The third-order valence-corrected chi connectivity index (χ3v) is 7.20. The minimum atomic E-state index is -0.767. The molecule has 0 spiro atoms. The van der Waals surface area contributed by atoms with Gasteiger partial charge in [-0.05, 0) is 36.6 Å². The Labute approximate surface area is 198 Å². The van der Waals surface area contributed by atoms with Crippen molar-refractivity contribution >= 4 is 11.3 Å². The molecule has 2 heterocycles. The van der Waals surface area contributed by atoms with E-state index in [1.807, 2.05) is 30.7 Å². The van der Waals surface area contributed by atoms with E-state index in [9.17, 15) is 5.11 Å². The van der Waals surface area contributed by atoms with Crippen LogP contribution in [0.3, 0.4) is 0 Å². The maximum Gasteiger partial charge on any atom is 0.124 e. The monoisotopic (exact) mass is 450 g/mol. The molecule has 0 saturated carbocycles. The number of hydrogen-bond acceptors (Lipinski definition) is 3. The van der Waals surface area contributed by atoms with E-state index in [2.05, 4.69) is 97.3 Å². The molecule has 0 aliphatic carbocycles. The summed E-state index contributed by atoms with van der Waals surface area (Å²) >= 11 is 1.70. The quantitative estimate of drug-likeness (QED) is 0.301. The van der Waals surface area contributed by atoms with Crippen LogP contribution in [-0.4, -0.2) is 14.7 Å². The Bertz CT molecular complexity index is 1240. The smallest absolute Gasteiger partial charge is 0.124 e. The van der Waals surface area contributed by atoms with Crippen molar-refractivity contribution in [1.29, 1.82) is 0 Å². The highest BCUT2D eigenvalue weighted by Gasteiger charge is 2.38. The van der Waals surface area contributed by atoms with E-state index < -0.39 is 11.6 Å². The molecule has 2 aromatic heterocycles. The Kier molecular flexibility index (Phi) is 5.71. The van der Waals surface area contributed by atoms with E-state index >= 15 is 0 Å². The number of hydrogen-bond donors (Lipinski definition) is 1. The minimum Gasteiger partial charge on any atom is -0.382 e. The number of imidazole rings is 1. The molecule has 33 heavy (non-hydrogen) atoms. The van der Waals surface area contributed by atoms with Gasteiger partial charge in [0.15, 0.2) is 0 Å². The van der Waals surface area contributed by atoms with Gasteiger partial charge in [-0.1, -0.05) is 91.0 Å². The van der Waals surface area contributed by atoms with Gasteiger partial charge in [0.2, 0.25) is 0 Å². The van der Waals surface area contributed by atoms with Crippen molar-refractivity contribution in [2.24, 2.45) is 0 Å². The van der Waals surface area contributed by atoms with Crippen molar-refractivity contribution in [1.82, 2.24) is 9.55 Å². The van der Waals surface area contributed by atoms with Crippen molar-refractivity contribution in [3.8, 4) is 0 Å². The molecule has 3 aromatic carbocycles. The zero-order valence-electron chi connectivity index (χ0n) is 18.7. The first kappa shape index (κ1) is 21.4. The van der Waals surface area contributed by atoms with Crippen LogP contribution in [0.5, 0.6) is 0 Å². The van der Waals surface area contributed by atoms with Crippen LogP contribution in [0, 0.1) is 13.8 Å². The predicted octanol–water partition coefficient (Wildman–Crippen LogP) is 6.48. The Balaban J connectivity index is 1.75. The van der Waals surface area contributed by atoms with Gasteiger partial charge in [0.1, 0.15) is 11.6 Å². The molecule has 0 amide bonds. The third-order valence-electron chi connectivity index (χ3n) is 6.22. The van der Waals surface area contributed by atoms with Crippen molar-refractivity contribution < 1.29 is 5.11 Å². The molecule has 1 atom stereocenters. The van der Waals surface area contributed by atoms with Gasteiger partial charge in [-0.25, -0.2) is 4.98 Å². The zero-order valence-corrected chi connectivity index (χ0v) is 19.5. The lowest BCUT2D eigenvalue weighted by atomic mass is 9.77. The van der Waals surface area contributed by atoms with E-state index in [1.54, 1.807) is 11.3 Å². The summed E-state index contributed by atoms with van der Waals surface area (Å²) in [5.74, 6) is 0. The van der Waals surface area contributed by atoms with Crippen molar-refractivity contribution in [3.05, 3.63) is 147 Å². The van der Waals surface area contributed by atoms with Gasteiger partial charge in [-0.3, -0.25) is 0 Å². The highest BCUT2D eigenvalue weighted by atomic mass is 32.1. The molecule has 1 unspecified atom stereocenters. The largest absolute Gasteiger partial charge is 0.382 e. The lowest BCUT2D eigenvalue weighted by Gasteiger charge is -2.37. The van der Waals surface area contributed by atoms with Crippen LogP contribution < -0.4 is 0 Å². The average molecular weight is 451 g/mol. The van der Waals surface area contributed by atoms with Gasteiger partial charge in [0, 0.05) is 21.5 Å². The number of aryl methyl sites for hydroxylation is 2. The molecule has 0 aliphatic heterocycles. The molecule has 5 rings (SSSR count). The summed E-state index contributed by atoms with van der Waals surface area (Å²) in [6.07, 6.45) is 3.07. The minimum absolute atomic E-state index is 0.631. The number of aromatic nitrogens is 2. The maximum atomic E-state index is 11.2. The first-order valence-corrected chi connectivity index (χ1v) is 11.9. The van der Waals surface area contributed by atoms with Crippen LogP contribution in [0.25, 0.3) is 0 Å². The van der Waals surface area contributed by atoms with Crippen LogP contribution in [0.15, 0.2) is 110 Å². The zero-order chi connectivity index (χ0) is 22.8. The Hall–Kier alpha value is -3.47. The summed E-state index contributed by atoms with van der Waals surface area (Å²) in [7, 11) is 0. The Morgan fingerprint density at radius 1 is 0.788 bits per heavy atom. The molecule has 5 aromatic rings. The fraction of sp³-hybridized carbons (Fsp3) is 0.138. The van der Waals surface area contributed by atoms with Gasteiger partial charge in [0.25, 0.3) is 0 Å². The molecule has 0 aliphatic rings. The number of nitrogens with zero attached hydrogens (tertiary/aromatic N) is 2. The summed E-state index contributed by atoms with van der Waals surface area (Å²) < 4.78 is 2.14. The molecule has 164 valence electrons. The summed E-state index contributed by atoms with van der Waals surface area (Å²) in [4.78, 5) is 7.01. The molecule has 1 N–H and O–H groups in total. The second-order valence-electron chi connectivity index (χ2n) is 8.29. The molecule has 0 fully saturated rings. The maximum absolute atomic E-state index is 11.2. The number of benzene rings is 3. The molecule has 3 nitrogen and oxygen atoms in total. The van der Waals surface area contributed by atoms with E-state index in [0.717, 1.165) is 27.1 Å². The lowest BCUT2D eigenvalue weighted by molar-refractivity contribution is 0.215. The highest BCUT2D eigenvalue weighted by Crippen LogP contribution is 2.41. The van der Waals surface area contributed by atoms with Gasteiger partial charge in [0.05, 0.1) is 12.0 Å². The van der Waals surface area contributed by atoms with Crippen LogP contribution >= 0.6 is 11.3 Å². The van der Waals surface area contributed by atoms with E-state index in [1.165, 1.54) is 4.88 Å². The van der Waals surface area contributed by atoms with Gasteiger partial charge in [-0.2, -0.15) is 0 Å². The first-order chi connectivity index (χ1) is 16.1. The fourth-order valence-electron chi connectivity index (χ4n) is 4.73. The molecule has 4 heteroatoms. The second kappa shape index (κ2) is 8.81. The summed E-state index contributed by atoms with van der Waals surface area (Å²) in [5, 5.41) is 11.2. The molecule has 0 saturated heterocycles. The van der Waals surface area contributed by atoms with Crippen LogP contribution in [0.1, 0.15) is 43.8 Å². The van der Waals surface area contributed by atoms with Gasteiger partial charge >= 0.3 is 0 Å². The summed E-state index contributed by atoms with van der Waals surface area (Å²) in [5.41, 5.74) is 4.32. The standard InChI is InChI=1S/C29H26N2OS/c1-21-18-26(22(2)33-21)28(32)27-19-31(20-30-27)29(23-12-6-3-7-13-23,24-14-8-4-9-15-24)25-16-10-5-11-17-25/h3-20,28,32H,1-2H3. The normalized spacial score (nSPS) is 12.6. The Morgan fingerprint density at radius 2 is 1.27 bits per heavy atom. The summed E-state index contributed by atoms with van der Waals surface area (Å²) in [6, 6.07) is 33.5. The van der Waals surface area contributed by atoms with Gasteiger partial charge < -0.3 is 9.67 Å². The SMILES string of the molecule is Cc1cc(C(O)c2cn(C(c3ccccc3)(c3ccccc3)c3ccccc3)cn2)c(C)s1. The number of aliphatic hydroxyl groups is 1. The van der Waals surface area contributed by atoms with E-state index in [4.69, 9.17) is 4.98 Å². The third kappa shape index (κ3) is 3.71. The van der Waals surface area contributed by atoms with Crippen molar-refractivity contribution in [2.75, 3.05) is 0 Å². The number of rotatable bonds is 6. The van der Waals surface area contributed by atoms with Gasteiger partial charge in [-0.15, -0.1) is 11.3 Å². The van der Waals surface area contributed by atoms with E-state index in [0.29, 0.717) is 5.69 Å². The van der Waals surface area contributed by atoms with Crippen LogP contribution in [0.2, 0.25) is 0 Å². The molecule has 0 radical (unpaired) electrons. The van der Waals surface area contributed by atoms with Crippen LogP contribution in [0.4, 0.5) is 0 Å². The lowest BCUT2D eigenvalue weighted by Crippen LogP contribution is -2.37. The van der Waals surface area contributed by atoms with E-state index in [-0.39, 0.29) is 0 Å². The van der Waals surface area contributed by atoms with Crippen molar-refractivity contribution in [2.45, 2.75) is 25.5 Å².